The van der Waals surface area contributed by atoms with Crippen LogP contribution in [0.25, 0.3) is 5.69 Å². The van der Waals surface area contributed by atoms with Gasteiger partial charge < -0.3 is 15.0 Å². The third-order valence-corrected chi connectivity index (χ3v) is 4.05. The first-order valence-electron chi connectivity index (χ1n) is 7.82. The summed E-state index contributed by atoms with van der Waals surface area (Å²) in [6.45, 7) is 6.33. The van der Waals surface area contributed by atoms with Crippen molar-refractivity contribution >= 4 is 5.91 Å². The van der Waals surface area contributed by atoms with Crippen LogP contribution in [0.1, 0.15) is 23.0 Å². The summed E-state index contributed by atoms with van der Waals surface area (Å²) in [7, 11) is 1.63. The smallest absolute Gasteiger partial charge is 0.274 e. The average molecular weight is 314 g/mol. The van der Waals surface area contributed by atoms with Crippen LogP contribution in [-0.4, -0.2) is 53.4 Å². The van der Waals surface area contributed by atoms with Gasteiger partial charge in [-0.2, -0.15) is 5.10 Å². The lowest BCUT2D eigenvalue weighted by Gasteiger charge is -2.31. The molecule has 0 bridgehead atoms. The van der Waals surface area contributed by atoms with Gasteiger partial charge in [-0.3, -0.25) is 4.79 Å². The fourth-order valence-corrected chi connectivity index (χ4v) is 2.83. The molecule has 0 aliphatic carbocycles. The number of carbonyl (C=O) groups is 1. The second-order valence-electron chi connectivity index (χ2n) is 5.93. The van der Waals surface area contributed by atoms with Crippen molar-refractivity contribution in [2.75, 3.05) is 26.7 Å². The van der Waals surface area contributed by atoms with Crippen LogP contribution in [0.2, 0.25) is 0 Å². The van der Waals surface area contributed by atoms with Gasteiger partial charge in [-0.15, -0.1) is 0 Å². The Morgan fingerprint density at radius 1 is 1.39 bits per heavy atom. The molecule has 0 spiro atoms. The zero-order valence-corrected chi connectivity index (χ0v) is 13.7. The summed E-state index contributed by atoms with van der Waals surface area (Å²) in [5.41, 5.74) is 2.41. The number of nitrogens with zero attached hydrogens (tertiary/aromatic N) is 3. The fourth-order valence-electron chi connectivity index (χ4n) is 2.83. The van der Waals surface area contributed by atoms with Crippen LogP contribution in [-0.2, 0) is 0 Å². The molecule has 1 N–H and O–H groups in total. The average Bonchev–Trinajstić information content (AvgIpc) is 3.04. The zero-order valence-electron chi connectivity index (χ0n) is 13.7. The molecule has 1 amide bonds. The number of hydrogen-bond donors (Lipinski definition) is 1. The number of benzene rings is 1. The highest BCUT2D eigenvalue weighted by atomic mass is 16.5. The number of rotatable bonds is 3. The minimum Gasteiger partial charge on any atom is -0.494 e. The van der Waals surface area contributed by atoms with Gasteiger partial charge in [0.1, 0.15) is 11.4 Å². The molecule has 2 heterocycles. The summed E-state index contributed by atoms with van der Waals surface area (Å²) < 4.78 is 7.09. The summed E-state index contributed by atoms with van der Waals surface area (Å²) >= 11 is 0. The van der Waals surface area contributed by atoms with Crippen molar-refractivity contribution in [1.29, 1.82) is 0 Å². The Labute approximate surface area is 136 Å². The van der Waals surface area contributed by atoms with Crippen LogP contribution in [0.4, 0.5) is 0 Å². The van der Waals surface area contributed by atoms with E-state index in [1.807, 2.05) is 30.0 Å². The number of nitrogens with one attached hydrogen (secondary N) is 1. The highest BCUT2D eigenvalue weighted by molar-refractivity contribution is 5.92. The summed E-state index contributed by atoms with van der Waals surface area (Å²) in [6.07, 6.45) is 1.80. The van der Waals surface area contributed by atoms with E-state index in [1.54, 1.807) is 24.1 Å². The van der Waals surface area contributed by atoms with Crippen LogP contribution in [0.15, 0.2) is 30.5 Å². The lowest BCUT2D eigenvalue weighted by molar-refractivity contribution is 0.0702. The first kappa shape index (κ1) is 15.6. The highest BCUT2D eigenvalue weighted by Gasteiger charge is 2.23. The SMILES string of the molecule is COc1ccc(C)cc1-n1ccc(C(=O)N2CCN[C@@H](C)C2)n1. The van der Waals surface area contributed by atoms with Crippen LogP contribution < -0.4 is 10.1 Å². The summed E-state index contributed by atoms with van der Waals surface area (Å²) in [6, 6.07) is 7.96. The van der Waals surface area contributed by atoms with Gasteiger partial charge >= 0.3 is 0 Å². The van der Waals surface area contributed by atoms with Crippen molar-refractivity contribution in [1.82, 2.24) is 20.0 Å². The number of ether oxygens (including phenoxy) is 1. The molecule has 1 aliphatic rings. The number of hydrogen-bond acceptors (Lipinski definition) is 4. The Hall–Kier alpha value is -2.34. The monoisotopic (exact) mass is 314 g/mol. The Kier molecular flexibility index (Phi) is 4.34. The number of carbonyl (C=O) groups excluding carboxylic acids is 1. The second-order valence-corrected chi connectivity index (χ2v) is 5.93. The molecule has 1 fully saturated rings. The van der Waals surface area contributed by atoms with E-state index >= 15 is 0 Å². The highest BCUT2D eigenvalue weighted by Crippen LogP contribution is 2.23. The molecule has 1 atom stereocenters. The summed E-state index contributed by atoms with van der Waals surface area (Å²) in [4.78, 5) is 14.5. The van der Waals surface area contributed by atoms with E-state index in [2.05, 4.69) is 17.3 Å². The van der Waals surface area contributed by atoms with Crippen LogP contribution in [0, 0.1) is 6.92 Å². The standard InChI is InChI=1S/C17H22N4O2/c1-12-4-5-16(23-3)15(10-12)21-8-6-14(19-21)17(22)20-9-7-18-13(2)11-20/h4-6,8,10,13,18H,7,9,11H2,1-3H3/t13-/m0/s1. The Morgan fingerprint density at radius 3 is 2.96 bits per heavy atom. The first-order valence-corrected chi connectivity index (χ1v) is 7.82. The lowest BCUT2D eigenvalue weighted by Crippen LogP contribution is -2.51. The van der Waals surface area contributed by atoms with Gasteiger partial charge in [0.2, 0.25) is 0 Å². The van der Waals surface area contributed by atoms with E-state index in [1.165, 1.54) is 0 Å². The van der Waals surface area contributed by atoms with Gasteiger partial charge in [-0.1, -0.05) is 6.07 Å². The van der Waals surface area contributed by atoms with Gasteiger partial charge in [-0.05, 0) is 37.6 Å². The van der Waals surface area contributed by atoms with Crippen molar-refractivity contribution in [2.24, 2.45) is 0 Å². The Morgan fingerprint density at radius 2 is 2.22 bits per heavy atom. The molecule has 1 aliphatic heterocycles. The van der Waals surface area contributed by atoms with Crippen LogP contribution in [0.3, 0.4) is 0 Å². The molecule has 0 unspecified atom stereocenters. The van der Waals surface area contributed by atoms with Crippen LogP contribution in [0.5, 0.6) is 5.75 Å². The lowest BCUT2D eigenvalue weighted by atomic mass is 10.2. The van der Waals surface area contributed by atoms with E-state index in [-0.39, 0.29) is 5.91 Å². The minimum absolute atomic E-state index is 0.0243. The molecule has 1 aromatic carbocycles. The van der Waals surface area contributed by atoms with Gasteiger partial charge in [0.25, 0.3) is 5.91 Å². The fraction of sp³-hybridized carbons (Fsp3) is 0.412. The number of piperazine rings is 1. The predicted octanol–water partition coefficient (Wildman–Crippen LogP) is 1.62. The summed E-state index contributed by atoms with van der Waals surface area (Å²) in [5.74, 6) is 0.706. The third kappa shape index (κ3) is 3.22. The van der Waals surface area contributed by atoms with E-state index in [0.29, 0.717) is 24.8 Å². The van der Waals surface area contributed by atoms with Gasteiger partial charge in [0, 0.05) is 31.9 Å². The van der Waals surface area contributed by atoms with Gasteiger partial charge in [0.05, 0.1) is 7.11 Å². The largest absolute Gasteiger partial charge is 0.494 e. The van der Waals surface area contributed by atoms with E-state index in [0.717, 1.165) is 23.5 Å². The Balaban J connectivity index is 1.86. The van der Waals surface area contributed by atoms with Crippen molar-refractivity contribution in [3.8, 4) is 11.4 Å². The molecule has 6 heteroatoms. The van der Waals surface area contributed by atoms with E-state index in [4.69, 9.17) is 4.74 Å². The molecule has 3 rings (SSSR count). The van der Waals surface area contributed by atoms with Crippen molar-refractivity contribution in [2.45, 2.75) is 19.9 Å². The van der Waals surface area contributed by atoms with Gasteiger partial charge in [-0.25, -0.2) is 4.68 Å². The van der Waals surface area contributed by atoms with E-state index in [9.17, 15) is 4.79 Å². The normalized spacial score (nSPS) is 18.0. The van der Waals surface area contributed by atoms with Crippen molar-refractivity contribution in [3.05, 3.63) is 41.7 Å². The molecule has 6 nitrogen and oxygen atoms in total. The van der Waals surface area contributed by atoms with Gasteiger partial charge in [0.15, 0.2) is 5.69 Å². The first-order chi connectivity index (χ1) is 11.1. The molecular weight excluding hydrogens is 292 g/mol. The molecule has 1 aromatic heterocycles. The number of aromatic nitrogens is 2. The minimum atomic E-state index is -0.0243. The molecule has 1 saturated heterocycles. The maximum Gasteiger partial charge on any atom is 0.274 e. The summed E-state index contributed by atoms with van der Waals surface area (Å²) in [5, 5.41) is 7.79. The number of aryl methyl sites for hydroxylation is 1. The maximum atomic E-state index is 12.6. The predicted molar refractivity (Wildman–Crippen MR) is 88.2 cm³/mol. The zero-order chi connectivity index (χ0) is 16.4. The Bertz CT molecular complexity index is 710. The van der Waals surface area contributed by atoms with E-state index < -0.39 is 0 Å². The molecular formula is C17H22N4O2. The number of methoxy groups -OCH3 is 1. The molecule has 122 valence electrons. The molecule has 2 aromatic rings. The molecule has 0 saturated carbocycles. The topological polar surface area (TPSA) is 59.4 Å². The maximum absolute atomic E-state index is 12.6. The molecule has 0 radical (unpaired) electrons. The third-order valence-electron chi connectivity index (χ3n) is 4.05. The molecule has 23 heavy (non-hydrogen) atoms. The van der Waals surface area contributed by atoms with Crippen molar-refractivity contribution < 1.29 is 9.53 Å². The van der Waals surface area contributed by atoms with Crippen LogP contribution >= 0.6 is 0 Å². The number of amides is 1. The van der Waals surface area contributed by atoms with Crippen molar-refractivity contribution in [3.63, 3.8) is 0 Å². The second kappa shape index (κ2) is 6.42. The quantitative estimate of drug-likeness (QED) is 0.935.